The number of fused-ring (bicyclic) bond motifs is 1. The maximum absolute atomic E-state index is 9.98. The molecule has 0 aliphatic carbocycles. The molecule has 0 aliphatic heterocycles. The SMILES string of the molecule is COc1cc(/C=C(\C#N)c2nc(-c3cccc4ccccc34)cs2)cc(Br)c1O. The zero-order valence-electron chi connectivity index (χ0n) is 15.4. The van der Waals surface area contributed by atoms with Gasteiger partial charge in [-0.25, -0.2) is 4.98 Å². The molecule has 0 fully saturated rings. The maximum Gasteiger partial charge on any atom is 0.172 e. The molecule has 1 aromatic heterocycles. The summed E-state index contributed by atoms with van der Waals surface area (Å²) in [5, 5.41) is 24.6. The summed E-state index contributed by atoms with van der Waals surface area (Å²) < 4.78 is 5.68. The number of thiazole rings is 1. The van der Waals surface area contributed by atoms with E-state index in [9.17, 15) is 10.4 Å². The molecule has 4 nitrogen and oxygen atoms in total. The second kappa shape index (κ2) is 8.08. The van der Waals surface area contributed by atoms with Crippen molar-refractivity contribution in [2.75, 3.05) is 7.11 Å². The van der Waals surface area contributed by atoms with Gasteiger partial charge in [-0.05, 0) is 50.5 Å². The lowest BCUT2D eigenvalue weighted by Gasteiger charge is -2.06. The molecular formula is C23H15BrN2O2S. The predicted molar refractivity (Wildman–Crippen MR) is 121 cm³/mol. The van der Waals surface area contributed by atoms with Gasteiger partial charge in [0.15, 0.2) is 11.5 Å². The Hall–Kier alpha value is -3.14. The van der Waals surface area contributed by atoms with Gasteiger partial charge in [0.2, 0.25) is 0 Å². The number of nitrogens with zero attached hydrogens (tertiary/aromatic N) is 2. The molecule has 4 rings (SSSR count). The van der Waals surface area contributed by atoms with E-state index in [1.807, 2.05) is 29.6 Å². The largest absolute Gasteiger partial charge is 0.503 e. The van der Waals surface area contributed by atoms with E-state index in [1.54, 1.807) is 18.2 Å². The van der Waals surface area contributed by atoms with Gasteiger partial charge in [0.05, 0.1) is 22.8 Å². The Morgan fingerprint density at radius 2 is 2.00 bits per heavy atom. The first kappa shape index (κ1) is 19.2. The van der Waals surface area contributed by atoms with E-state index in [-0.39, 0.29) is 5.75 Å². The van der Waals surface area contributed by atoms with Crippen LogP contribution in [-0.4, -0.2) is 17.2 Å². The van der Waals surface area contributed by atoms with Crippen molar-refractivity contribution in [2.45, 2.75) is 0 Å². The van der Waals surface area contributed by atoms with Gasteiger partial charge >= 0.3 is 0 Å². The highest BCUT2D eigenvalue weighted by Gasteiger charge is 2.13. The molecule has 0 aliphatic rings. The molecule has 4 aromatic rings. The van der Waals surface area contributed by atoms with Crippen molar-refractivity contribution >= 4 is 49.7 Å². The lowest BCUT2D eigenvalue weighted by atomic mass is 10.0. The number of hydrogen-bond donors (Lipinski definition) is 1. The minimum atomic E-state index is 0.0237. The van der Waals surface area contributed by atoms with Crippen molar-refractivity contribution < 1.29 is 9.84 Å². The first-order valence-electron chi connectivity index (χ1n) is 8.73. The average Bonchev–Trinajstić information content (AvgIpc) is 3.23. The van der Waals surface area contributed by atoms with Crippen molar-refractivity contribution in [2.24, 2.45) is 0 Å². The third-order valence-electron chi connectivity index (χ3n) is 4.50. The van der Waals surface area contributed by atoms with Crippen molar-refractivity contribution in [3.8, 4) is 28.8 Å². The number of phenolic OH excluding ortho intramolecular Hbond substituents is 1. The van der Waals surface area contributed by atoms with Crippen molar-refractivity contribution in [1.82, 2.24) is 4.98 Å². The number of hydrogen-bond acceptors (Lipinski definition) is 5. The molecule has 0 bridgehead atoms. The van der Waals surface area contributed by atoms with E-state index in [1.165, 1.54) is 18.4 Å². The minimum Gasteiger partial charge on any atom is -0.503 e. The number of halogens is 1. The molecule has 0 saturated carbocycles. The van der Waals surface area contributed by atoms with Crippen LogP contribution in [-0.2, 0) is 0 Å². The number of nitriles is 1. The Morgan fingerprint density at radius 1 is 1.21 bits per heavy atom. The van der Waals surface area contributed by atoms with Crippen LogP contribution >= 0.6 is 27.3 Å². The summed E-state index contributed by atoms with van der Waals surface area (Å²) >= 11 is 4.74. The van der Waals surface area contributed by atoms with Gasteiger partial charge in [-0.15, -0.1) is 11.3 Å². The fourth-order valence-electron chi connectivity index (χ4n) is 3.11. The highest BCUT2D eigenvalue weighted by Crippen LogP contribution is 2.37. The topological polar surface area (TPSA) is 66.1 Å². The van der Waals surface area contributed by atoms with E-state index in [0.29, 0.717) is 20.8 Å². The number of benzene rings is 3. The van der Waals surface area contributed by atoms with Gasteiger partial charge in [-0.3, -0.25) is 0 Å². The second-order valence-corrected chi connectivity index (χ2v) is 8.00. The van der Waals surface area contributed by atoms with E-state index in [0.717, 1.165) is 27.6 Å². The first-order chi connectivity index (χ1) is 14.1. The van der Waals surface area contributed by atoms with Gasteiger partial charge in [-0.1, -0.05) is 42.5 Å². The third-order valence-corrected chi connectivity index (χ3v) is 5.98. The highest BCUT2D eigenvalue weighted by molar-refractivity contribution is 9.10. The summed E-state index contributed by atoms with van der Waals surface area (Å²) in [5.41, 5.74) is 3.05. The zero-order chi connectivity index (χ0) is 20.4. The first-order valence-corrected chi connectivity index (χ1v) is 10.4. The van der Waals surface area contributed by atoms with Crippen LogP contribution in [0.4, 0.5) is 0 Å². The van der Waals surface area contributed by atoms with Crippen LogP contribution in [0.2, 0.25) is 0 Å². The summed E-state index contributed by atoms with van der Waals surface area (Å²) in [6.45, 7) is 0. The summed E-state index contributed by atoms with van der Waals surface area (Å²) in [7, 11) is 1.48. The fraction of sp³-hybridized carbons (Fsp3) is 0.0435. The number of ether oxygens (including phenoxy) is 1. The van der Waals surface area contributed by atoms with Gasteiger partial charge in [0.1, 0.15) is 11.1 Å². The number of aromatic hydroxyl groups is 1. The Morgan fingerprint density at radius 3 is 2.79 bits per heavy atom. The highest BCUT2D eigenvalue weighted by atomic mass is 79.9. The quantitative estimate of drug-likeness (QED) is 0.351. The van der Waals surface area contributed by atoms with Gasteiger partial charge in [0, 0.05) is 10.9 Å². The molecule has 0 saturated heterocycles. The van der Waals surface area contributed by atoms with Crippen molar-refractivity contribution in [3.63, 3.8) is 0 Å². The lowest BCUT2D eigenvalue weighted by Crippen LogP contribution is -1.87. The van der Waals surface area contributed by atoms with Gasteiger partial charge < -0.3 is 9.84 Å². The molecule has 3 aromatic carbocycles. The number of methoxy groups -OCH3 is 1. The Labute approximate surface area is 180 Å². The number of aromatic nitrogens is 1. The maximum atomic E-state index is 9.98. The Balaban J connectivity index is 1.76. The Bertz CT molecular complexity index is 1280. The summed E-state index contributed by atoms with van der Waals surface area (Å²) in [4.78, 5) is 4.72. The smallest absolute Gasteiger partial charge is 0.172 e. The Kier molecular flexibility index (Phi) is 5.34. The number of rotatable bonds is 4. The molecule has 29 heavy (non-hydrogen) atoms. The molecule has 0 unspecified atom stereocenters. The van der Waals surface area contributed by atoms with E-state index < -0.39 is 0 Å². The molecular weight excluding hydrogens is 448 g/mol. The molecule has 1 N–H and O–H groups in total. The molecule has 0 atom stereocenters. The van der Waals surface area contributed by atoms with Crippen LogP contribution in [0.3, 0.4) is 0 Å². The number of phenols is 1. The molecule has 6 heteroatoms. The van der Waals surface area contributed by atoms with Crippen LogP contribution in [0.1, 0.15) is 10.6 Å². The van der Waals surface area contributed by atoms with Crippen LogP contribution in [0.25, 0.3) is 33.7 Å². The number of allylic oxidation sites excluding steroid dienone is 1. The van der Waals surface area contributed by atoms with Crippen molar-refractivity contribution in [3.05, 3.63) is 75.0 Å². The summed E-state index contributed by atoms with van der Waals surface area (Å²) in [6.07, 6.45) is 1.73. The van der Waals surface area contributed by atoms with Crippen LogP contribution < -0.4 is 4.74 Å². The van der Waals surface area contributed by atoms with Gasteiger partial charge in [-0.2, -0.15) is 5.26 Å². The van der Waals surface area contributed by atoms with E-state index in [2.05, 4.69) is 40.2 Å². The second-order valence-electron chi connectivity index (χ2n) is 6.29. The van der Waals surface area contributed by atoms with Crippen LogP contribution in [0, 0.1) is 11.3 Å². The summed E-state index contributed by atoms with van der Waals surface area (Å²) in [5.74, 6) is 0.356. The van der Waals surface area contributed by atoms with E-state index in [4.69, 9.17) is 9.72 Å². The normalized spacial score (nSPS) is 11.4. The molecule has 0 radical (unpaired) electrons. The average molecular weight is 463 g/mol. The molecule has 142 valence electrons. The van der Waals surface area contributed by atoms with Crippen LogP contribution in [0.15, 0.2) is 64.5 Å². The molecule has 0 amide bonds. The molecule has 1 heterocycles. The zero-order valence-corrected chi connectivity index (χ0v) is 17.8. The lowest BCUT2D eigenvalue weighted by molar-refractivity contribution is 0.372. The monoisotopic (exact) mass is 462 g/mol. The summed E-state index contributed by atoms with van der Waals surface area (Å²) in [6, 6.07) is 19.9. The third kappa shape index (κ3) is 3.75. The van der Waals surface area contributed by atoms with E-state index >= 15 is 0 Å². The van der Waals surface area contributed by atoms with Crippen LogP contribution in [0.5, 0.6) is 11.5 Å². The minimum absolute atomic E-state index is 0.0237. The van der Waals surface area contributed by atoms with Gasteiger partial charge in [0.25, 0.3) is 0 Å². The fourth-order valence-corrected chi connectivity index (χ4v) is 4.36. The molecule has 0 spiro atoms. The standard InChI is InChI=1S/C23H15BrN2O2S/c1-28-21-11-14(10-19(24)22(21)27)9-16(12-25)23-26-20(13-29-23)18-8-4-6-15-5-2-3-7-17(15)18/h2-11,13,27H,1H3/b16-9+. The predicted octanol–water partition coefficient (Wildman–Crippen LogP) is 6.50. The van der Waals surface area contributed by atoms with Crippen molar-refractivity contribution in [1.29, 1.82) is 5.26 Å².